The molecular formula is C21H25NO7S. The minimum absolute atomic E-state index is 0.0101. The van der Waals surface area contributed by atoms with Crippen LogP contribution in [0.1, 0.15) is 25.3 Å². The molecule has 0 aliphatic carbocycles. The van der Waals surface area contributed by atoms with Gasteiger partial charge in [0, 0.05) is 24.8 Å². The van der Waals surface area contributed by atoms with Gasteiger partial charge in [-0.2, -0.15) is 0 Å². The van der Waals surface area contributed by atoms with E-state index in [1.165, 1.54) is 12.1 Å². The number of hydrogen-bond donors (Lipinski definition) is 1. The van der Waals surface area contributed by atoms with Crippen LogP contribution in [0, 0.1) is 6.92 Å². The molecule has 0 saturated heterocycles. The average molecular weight is 435 g/mol. The largest absolute Gasteiger partial charge is 0.396 e. The number of aryl methyl sites for hydroxylation is 1. The number of aliphatic hydroxyl groups excluding tert-OH is 1. The zero-order valence-corrected chi connectivity index (χ0v) is 17.8. The van der Waals surface area contributed by atoms with Gasteiger partial charge in [0.25, 0.3) is 5.91 Å². The number of esters is 2. The Morgan fingerprint density at radius 3 is 2.27 bits per heavy atom. The van der Waals surface area contributed by atoms with E-state index < -0.39 is 40.2 Å². The Hall–Kier alpha value is -3.04. The Morgan fingerprint density at radius 2 is 1.77 bits per heavy atom. The molecule has 0 atom stereocenters. The molecule has 0 bridgehead atoms. The summed E-state index contributed by atoms with van der Waals surface area (Å²) in [6, 6.07) is 6.04. The lowest BCUT2D eigenvalue weighted by Gasteiger charge is -2.19. The van der Waals surface area contributed by atoms with E-state index >= 15 is 0 Å². The minimum Gasteiger partial charge on any atom is -0.396 e. The van der Waals surface area contributed by atoms with E-state index in [-0.39, 0.29) is 28.9 Å². The molecular weight excluding hydrogens is 410 g/mol. The van der Waals surface area contributed by atoms with Crippen LogP contribution in [0.2, 0.25) is 0 Å². The fraction of sp³-hybridized carbons (Fsp3) is 0.286. The number of aliphatic hydroxyl groups is 1. The predicted octanol–water partition coefficient (Wildman–Crippen LogP) is 2.04. The summed E-state index contributed by atoms with van der Waals surface area (Å²) < 4.78 is 30.1. The smallest absolute Gasteiger partial charge is 0.343 e. The maximum Gasteiger partial charge on any atom is 0.343 e. The van der Waals surface area contributed by atoms with Crippen molar-refractivity contribution in [2.45, 2.75) is 31.6 Å². The van der Waals surface area contributed by atoms with E-state index in [1.807, 2.05) is 0 Å². The van der Waals surface area contributed by atoms with Crippen LogP contribution >= 0.6 is 0 Å². The van der Waals surface area contributed by atoms with E-state index in [1.54, 1.807) is 26.0 Å². The molecule has 0 radical (unpaired) electrons. The summed E-state index contributed by atoms with van der Waals surface area (Å²) in [5, 5.41) is 9.23. The Kier molecular flexibility index (Phi) is 9.35. The molecule has 1 N–H and O–H groups in total. The van der Waals surface area contributed by atoms with Gasteiger partial charge in [0.05, 0.1) is 10.5 Å². The standard InChI is InChI=1S/C21H25NO7S/c1-5-16(4)20(25)29-21(26)17(11-12-23)13-22(19(24)6-2)14-30(27,28)18-9-7-15(3)8-10-18/h6-10,13,23H,2,4-5,11-12,14H2,1,3H3. The van der Waals surface area contributed by atoms with Gasteiger partial charge in [-0.3, -0.25) is 9.69 Å². The van der Waals surface area contributed by atoms with E-state index in [4.69, 9.17) is 0 Å². The summed E-state index contributed by atoms with van der Waals surface area (Å²) in [7, 11) is -3.94. The highest BCUT2D eigenvalue weighted by molar-refractivity contribution is 7.91. The molecule has 1 rings (SSSR count). The second-order valence-corrected chi connectivity index (χ2v) is 8.29. The first-order chi connectivity index (χ1) is 14.0. The average Bonchev–Trinajstić information content (AvgIpc) is 2.71. The van der Waals surface area contributed by atoms with Gasteiger partial charge < -0.3 is 9.84 Å². The van der Waals surface area contributed by atoms with Crippen LogP contribution in [0.25, 0.3) is 0 Å². The fourth-order valence-corrected chi connectivity index (χ4v) is 3.45. The van der Waals surface area contributed by atoms with Crippen molar-refractivity contribution < 1.29 is 32.6 Å². The number of ether oxygens (including phenoxy) is 1. The first kappa shape index (κ1) is 25.0. The third kappa shape index (κ3) is 7.09. The quantitative estimate of drug-likeness (QED) is 0.339. The third-order valence-electron chi connectivity index (χ3n) is 4.00. The molecule has 30 heavy (non-hydrogen) atoms. The first-order valence-corrected chi connectivity index (χ1v) is 10.7. The minimum atomic E-state index is -3.94. The van der Waals surface area contributed by atoms with Crippen molar-refractivity contribution in [2.24, 2.45) is 0 Å². The van der Waals surface area contributed by atoms with Crippen molar-refractivity contribution in [3.05, 3.63) is 66.4 Å². The third-order valence-corrected chi connectivity index (χ3v) is 5.61. The molecule has 9 heteroatoms. The molecule has 0 spiro atoms. The van der Waals surface area contributed by atoms with E-state index in [2.05, 4.69) is 17.9 Å². The first-order valence-electron chi connectivity index (χ1n) is 9.04. The Bertz CT molecular complexity index is 960. The van der Waals surface area contributed by atoms with Gasteiger partial charge in [-0.1, -0.05) is 37.8 Å². The van der Waals surface area contributed by atoms with Crippen molar-refractivity contribution >= 4 is 27.7 Å². The summed E-state index contributed by atoms with van der Waals surface area (Å²) >= 11 is 0. The Balaban J connectivity index is 3.24. The summed E-state index contributed by atoms with van der Waals surface area (Å²) in [5.74, 6) is -3.63. The normalized spacial score (nSPS) is 11.5. The topological polar surface area (TPSA) is 118 Å². The lowest BCUT2D eigenvalue weighted by atomic mass is 10.2. The van der Waals surface area contributed by atoms with Gasteiger partial charge in [0.1, 0.15) is 5.88 Å². The Labute approximate surface area is 176 Å². The van der Waals surface area contributed by atoms with Crippen LogP contribution in [-0.2, 0) is 29.0 Å². The van der Waals surface area contributed by atoms with Crippen molar-refractivity contribution in [1.29, 1.82) is 0 Å². The van der Waals surface area contributed by atoms with E-state index in [9.17, 15) is 27.9 Å². The molecule has 1 amide bonds. The highest BCUT2D eigenvalue weighted by Gasteiger charge is 2.24. The molecule has 0 unspecified atom stereocenters. The molecule has 8 nitrogen and oxygen atoms in total. The van der Waals surface area contributed by atoms with Gasteiger partial charge >= 0.3 is 11.9 Å². The summed E-state index contributed by atoms with van der Waals surface area (Å²) in [4.78, 5) is 37.1. The maximum absolute atomic E-state index is 12.7. The number of sulfone groups is 1. The van der Waals surface area contributed by atoms with E-state index in [0.717, 1.165) is 22.7 Å². The van der Waals surface area contributed by atoms with Crippen molar-refractivity contribution in [1.82, 2.24) is 4.90 Å². The number of nitrogens with zero attached hydrogens (tertiary/aromatic N) is 1. The predicted molar refractivity (Wildman–Crippen MR) is 111 cm³/mol. The number of rotatable bonds is 10. The monoisotopic (exact) mass is 435 g/mol. The molecule has 0 aromatic heterocycles. The van der Waals surface area contributed by atoms with Crippen LogP contribution in [-0.4, -0.2) is 48.8 Å². The molecule has 0 aliphatic rings. The highest BCUT2D eigenvalue weighted by atomic mass is 32.2. The van der Waals surface area contributed by atoms with Crippen LogP contribution in [0.15, 0.2) is 65.7 Å². The van der Waals surface area contributed by atoms with E-state index in [0.29, 0.717) is 0 Å². The summed E-state index contributed by atoms with van der Waals surface area (Å²) in [5.41, 5.74) is 0.663. The number of carbonyl (C=O) groups excluding carboxylic acids is 3. The van der Waals surface area contributed by atoms with Crippen LogP contribution in [0.4, 0.5) is 0 Å². The van der Waals surface area contributed by atoms with Crippen molar-refractivity contribution in [3.63, 3.8) is 0 Å². The second-order valence-electron chi connectivity index (χ2n) is 6.33. The van der Waals surface area contributed by atoms with Gasteiger partial charge in [-0.25, -0.2) is 18.0 Å². The van der Waals surface area contributed by atoms with Gasteiger partial charge in [-0.05, 0) is 31.6 Å². The zero-order chi connectivity index (χ0) is 22.9. The lowest BCUT2D eigenvalue weighted by molar-refractivity contribution is -0.154. The molecule has 162 valence electrons. The molecule has 0 heterocycles. The summed E-state index contributed by atoms with van der Waals surface area (Å²) in [6.07, 6.45) is 1.82. The number of benzene rings is 1. The summed E-state index contributed by atoms with van der Waals surface area (Å²) in [6.45, 7) is 9.76. The highest BCUT2D eigenvalue weighted by Crippen LogP contribution is 2.16. The van der Waals surface area contributed by atoms with Crippen molar-refractivity contribution in [3.8, 4) is 0 Å². The Morgan fingerprint density at radius 1 is 1.17 bits per heavy atom. The SMILES string of the molecule is C=CC(=O)N(C=C(CCO)C(=O)OC(=O)C(=C)CC)CS(=O)(=O)c1ccc(C)cc1. The molecule has 1 aromatic rings. The van der Waals surface area contributed by atoms with Gasteiger partial charge in [-0.15, -0.1) is 0 Å². The maximum atomic E-state index is 12.7. The van der Waals surface area contributed by atoms with Gasteiger partial charge in [0.15, 0.2) is 9.84 Å². The molecule has 1 aromatic carbocycles. The second kappa shape index (κ2) is 11.2. The number of carbonyl (C=O) groups is 3. The van der Waals surface area contributed by atoms with Crippen LogP contribution < -0.4 is 0 Å². The van der Waals surface area contributed by atoms with Crippen LogP contribution in [0.3, 0.4) is 0 Å². The van der Waals surface area contributed by atoms with Crippen molar-refractivity contribution in [2.75, 3.05) is 12.5 Å². The molecule has 0 saturated carbocycles. The molecule has 0 aliphatic heterocycles. The number of hydrogen-bond acceptors (Lipinski definition) is 7. The van der Waals surface area contributed by atoms with Crippen LogP contribution in [0.5, 0.6) is 0 Å². The zero-order valence-electron chi connectivity index (χ0n) is 17.0. The number of amides is 1. The molecule has 0 fully saturated rings. The lowest BCUT2D eigenvalue weighted by Crippen LogP contribution is -2.31. The van der Waals surface area contributed by atoms with Gasteiger partial charge in [0.2, 0.25) is 0 Å². The fourth-order valence-electron chi connectivity index (χ4n) is 2.18.